The molecule has 1 aromatic carbocycles. The van der Waals surface area contributed by atoms with E-state index < -0.39 is 0 Å². The van der Waals surface area contributed by atoms with Gasteiger partial charge in [-0.15, -0.1) is 0 Å². The van der Waals surface area contributed by atoms with E-state index in [1.807, 2.05) is 6.92 Å². The van der Waals surface area contributed by atoms with Crippen molar-refractivity contribution in [2.45, 2.75) is 50.6 Å². The van der Waals surface area contributed by atoms with Gasteiger partial charge in [-0.25, -0.2) is 0 Å². The third-order valence-electron chi connectivity index (χ3n) is 6.87. The summed E-state index contributed by atoms with van der Waals surface area (Å²) in [7, 11) is 0. The van der Waals surface area contributed by atoms with Gasteiger partial charge in [-0.05, 0) is 44.1 Å². The smallest absolute Gasteiger partial charge is 0.234 e. The zero-order chi connectivity index (χ0) is 19.8. The van der Waals surface area contributed by atoms with Crippen molar-refractivity contribution in [2.24, 2.45) is 11.8 Å². The molecule has 3 atom stereocenters. The van der Waals surface area contributed by atoms with Crippen LogP contribution < -0.4 is 5.32 Å². The fraction of sp³-hybridized carbons (Fsp3) is 0.522. The molecule has 6 nitrogen and oxygen atoms in total. The second kappa shape index (κ2) is 7.41. The van der Waals surface area contributed by atoms with Crippen molar-refractivity contribution >= 4 is 5.91 Å². The van der Waals surface area contributed by atoms with E-state index in [1.165, 1.54) is 5.56 Å². The van der Waals surface area contributed by atoms with E-state index in [0.29, 0.717) is 11.7 Å². The van der Waals surface area contributed by atoms with Gasteiger partial charge in [0.05, 0.1) is 5.41 Å². The number of nitrogens with one attached hydrogen (secondary N) is 1. The Labute approximate surface area is 171 Å². The maximum Gasteiger partial charge on any atom is 0.234 e. The number of aromatic nitrogens is 2. The van der Waals surface area contributed by atoms with Gasteiger partial charge >= 0.3 is 0 Å². The van der Waals surface area contributed by atoms with E-state index in [9.17, 15) is 4.79 Å². The number of likely N-dealkylation sites (tertiary alicyclic amines) is 1. The number of fused-ring (bicyclic) bond motifs is 1. The Morgan fingerprint density at radius 2 is 2.07 bits per heavy atom. The predicted octanol–water partition coefficient (Wildman–Crippen LogP) is 2.99. The number of rotatable bonds is 5. The summed E-state index contributed by atoms with van der Waals surface area (Å²) in [5.41, 5.74) is 1.16. The molecule has 6 heteroatoms. The predicted molar refractivity (Wildman–Crippen MR) is 109 cm³/mol. The molecule has 1 amide bonds. The summed E-state index contributed by atoms with van der Waals surface area (Å²) in [6, 6.07) is 10.8. The Balaban J connectivity index is 1.33. The molecule has 152 valence electrons. The molecule has 1 N–H and O–H groups in total. The number of carbonyl (C=O) groups is 1. The average Bonchev–Trinajstić information content (AvgIpc) is 3.46. The Kier molecular flexibility index (Phi) is 4.74. The molecule has 2 fully saturated rings. The average molecular weight is 393 g/mol. The first-order chi connectivity index (χ1) is 14.1. The van der Waals surface area contributed by atoms with Crippen molar-refractivity contribution in [1.82, 2.24) is 20.4 Å². The first-order valence-corrected chi connectivity index (χ1v) is 10.6. The summed E-state index contributed by atoms with van der Waals surface area (Å²) in [6.07, 6.45) is 7.78. The van der Waals surface area contributed by atoms with Gasteiger partial charge in [0.25, 0.3) is 0 Å². The second-order valence-electron chi connectivity index (χ2n) is 8.94. The minimum atomic E-state index is -0.165. The molecule has 1 saturated heterocycles. The van der Waals surface area contributed by atoms with Gasteiger partial charge in [-0.2, -0.15) is 4.98 Å². The van der Waals surface area contributed by atoms with Crippen LogP contribution in [-0.4, -0.2) is 40.1 Å². The van der Waals surface area contributed by atoms with Crippen LogP contribution in [0.4, 0.5) is 0 Å². The van der Waals surface area contributed by atoms with E-state index in [0.717, 1.165) is 51.2 Å². The molecule has 1 aliphatic heterocycles. The molecule has 0 bridgehead atoms. The summed E-state index contributed by atoms with van der Waals surface area (Å²) in [5.74, 6) is 2.14. The highest BCUT2D eigenvalue weighted by atomic mass is 16.5. The van der Waals surface area contributed by atoms with Crippen LogP contribution in [0.15, 0.2) is 47.0 Å². The quantitative estimate of drug-likeness (QED) is 0.792. The van der Waals surface area contributed by atoms with Crippen LogP contribution in [-0.2, 0) is 16.8 Å². The van der Waals surface area contributed by atoms with Crippen LogP contribution >= 0.6 is 0 Å². The van der Waals surface area contributed by atoms with E-state index >= 15 is 0 Å². The molecule has 29 heavy (non-hydrogen) atoms. The molecular formula is C23H28N4O2. The Morgan fingerprint density at radius 1 is 1.28 bits per heavy atom. The zero-order valence-electron chi connectivity index (χ0n) is 16.9. The van der Waals surface area contributed by atoms with Crippen LogP contribution in [0.2, 0.25) is 0 Å². The van der Waals surface area contributed by atoms with E-state index in [2.05, 4.69) is 62.8 Å². The molecule has 2 aliphatic carbocycles. The highest BCUT2D eigenvalue weighted by Gasteiger charge is 2.57. The SMILES string of the molecule is Cc1noc([C@]23C[C@H](NC(=O)C4CC=CC4)C[C@H]2CN(Cc2ccccc2)C3)n1. The lowest BCUT2D eigenvalue weighted by molar-refractivity contribution is -0.125. The van der Waals surface area contributed by atoms with Gasteiger partial charge in [0.15, 0.2) is 5.82 Å². The lowest BCUT2D eigenvalue weighted by atomic mass is 9.80. The summed E-state index contributed by atoms with van der Waals surface area (Å²) in [5, 5.41) is 7.40. The molecule has 1 saturated carbocycles. The molecule has 2 aromatic rings. The van der Waals surface area contributed by atoms with Crippen molar-refractivity contribution in [2.75, 3.05) is 13.1 Å². The molecule has 0 unspecified atom stereocenters. The van der Waals surface area contributed by atoms with Crippen LogP contribution in [0.1, 0.15) is 43.0 Å². The Bertz CT molecular complexity index is 901. The largest absolute Gasteiger partial charge is 0.353 e. The normalized spacial score (nSPS) is 29.4. The summed E-state index contributed by atoms with van der Waals surface area (Å²) in [6.45, 7) is 4.69. The van der Waals surface area contributed by atoms with Crippen LogP contribution in [0, 0.1) is 18.8 Å². The van der Waals surface area contributed by atoms with E-state index in [-0.39, 0.29) is 23.3 Å². The standard InChI is InChI=1S/C23H28N4O2/c1-16-24-22(29-26-16)23-12-20(25-21(28)18-9-5-6-10-18)11-19(23)14-27(15-23)13-17-7-3-2-4-8-17/h2-8,18-20H,9-15H2,1H3,(H,25,28)/t19-,20+,23-/m0/s1. The number of allylic oxidation sites excluding steroid dienone is 2. The number of benzene rings is 1. The van der Waals surface area contributed by atoms with E-state index in [4.69, 9.17) is 4.52 Å². The molecule has 0 radical (unpaired) electrons. The minimum Gasteiger partial charge on any atom is -0.353 e. The summed E-state index contributed by atoms with van der Waals surface area (Å²) >= 11 is 0. The highest BCUT2D eigenvalue weighted by molar-refractivity contribution is 5.79. The van der Waals surface area contributed by atoms with Crippen molar-refractivity contribution in [3.63, 3.8) is 0 Å². The number of hydrogen-bond donors (Lipinski definition) is 1. The number of aryl methyl sites for hydroxylation is 1. The first-order valence-electron chi connectivity index (χ1n) is 10.6. The van der Waals surface area contributed by atoms with Gasteiger partial charge in [0, 0.05) is 31.6 Å². The number of hydrogen-bond acceptors (Lipinski definition) is 5. The maximum absolute atomic E-state index is 12.7. The van der Waals surface area contributed by atoms with Crippen LogP contribution in [0.3, 0.4) is 0 Å². The fourth-order valence-electron chi connectivity index (χ4n) is 5.53. The van der Waals surface area contributed by atoms with Crippen molar-refractivity contribution in [1.29, 1.82) is 0 Å². The lowest BCUT2D eigenvalue weighted by Crippen LogP contribution is -2.40. The maximum atomic E-state index is 12.7. The Morgan fingerprint density at radius 3 is 2.79 bits per heavy atom. The third kappa shape index (κ3) is 3.50. The van der Waals surface area contributed by atoms with Gasteiger partial charge in [-0.3, -0.25) is 9.69 Å². The molecule has 3 aliphatic rings. The molecule has 5 rings (SSSR count). The molecule has 2 heterocycles. The van der Waals surface area contributed by atoms with Gasteiger partial charge in [0.2, 0.25) is 11.8 Å². The van der Waals surface area contributed by atoms with Crippen LogP contribution in [0.25, 0.3) is 0 Å². The van der Waals surface area contributed by atoms with Crippen molar-refractivity contribution in [3.8, 4) is 0 Å². The second-order valence-corrected chi connectivity index (χ2v) is 8.94. The highest BCUT2D eigenvalue weighted by Crippen LogP contribution is 2.50. The van der Waals surface area contributed by atoms with E-state index in [1.54, 1.807) is 0 Å². The van der Waals surface area contributed by atoms with Gasteiger partial charge in [0.1, 0.15) is 0 Å². The number of amides is 1. The molecule has 1 aromatic heterocycles. The van der Waals surface area contributed by atoms with Crippen molar-refractivity contribution < 1.29 is 9.32 Å². The summed E-state index contributed by atoms with van der Waals surface area (Å²) in [4.78, 5) is 19.8. The van der Waals surface area contributed by atoms with Gasteiger partial charge < -0.3 is 9.84 Å². The monoisotopic (exact) mass is 392 g/mol. The lowest BCUT2D eigenvalue weighted by Gasteiger charge is -2.26. The molecule has 0 spiro atoms. The van der Waals surface area contributed by atoms with Crippen LogP contribution in [0.5, 0.6) is 0 Å². The first kappa shape index (κ1) is 18.6. The zero-order valence-corrected chi connectivity index (χ0v) is 16.9. The summed E-state index contributed by atoms with van der Waals surface area (Å²) < 4.78 is 5.69. The Hall–Kier alpha value is -2.47. The van der Waals surface area contributed by atoms with Crippen molar-refractivity contribution in [3.05, 3.63) is 59.8 Å². The topological polar surface area (TPSA) is 71.3 Å². The van der Waals surface area contributed by atoms with Gasteiger partial charge in [-0.1, -0.05) is 47.6 Å². The minimum absolute atomic E-state index is 0.103. The number of carbonyl (C=O) groups excluding carboxylic acids is 1. The number of nitrogens with zero attached hydrogens (tertiary/aromatic N) is 3. The third-order valence-corrected chi connectivity index (χ3v) is 6.87. The molecular weight excluding hydrogens is 364 g/mol. The fourth-order valence-corrected chi connectivity index (χ4v) is 5.53.